The quantitative estimate of drug-likeness (QED) is 0.552. The van der Waals surface area contributed by atoms with Gasteiger partial charge in [-0.05, 0) is 18.2 Å². The molecule has 0 radical (unpaired) electrons. The van der Waals surface area contributed by atoms with E-state index < -0.39 is 32.5 Å². The summed E-state index contributed by atoms with van der Waals surface area (Å²) in [7, 11) is -2.86. The molecule has 2 N–H and O–H groups in total. The van der Waals surface area contributed by atoms with E-state index in [1.165, 1.54) is 7.11 Å². The van der Waals surface area contributed by atoms with Gasteiger partial charge in [-0.25, -0.2) is 17.5 Å². The van der Waals surface area contributed by atoms with Crippen LogP contribution in [0.25, 0.3) is 0 Å². The minimum atomic E-state index is -4.75. The van der Waals surface area contributed by atoms with Gasteiger partial charge in [0.05, 0.1) is 12.2 Å². The molecule has 0 aliphatic rings. The van der Waals surface area contributed by atoms with Crippen molar-refractivity contribution in [3.63, 3.8) is 0 Å². The Morgan fingerprint density at radius 2 is 1.86 bits per heavy atom. The van der Waals surface area contributed by atoms with Gasteiger partial charge in [-0.3, -0.25) is 0 Å². The van der Waals surface area contributed by atoms with Crippen LogP contribution < -0.4 is 10.0 Å². The van der Waals surface area contributed by atoms with Gasteiger partial charge in [0, 0.05) is 26.7 Å². The van der Waals surface area contributed by atoms with Crippen molar-refractivity contribution >= 4 is 10.0 Å². The second-order valence-electron chi connectivity index (χ2n) is 4.28. The van der Waals surface area contributed by atoms with E-state index in [4.69, 9.17) is 4.74 Å². The molecule has 0 aliphatic carbocycles. The Balaban J connectivity index is 2.76. The summed E-state index contributed by atoms with van der Waals surface area (Å²) in [6.07, 6.45) is -4.75. The maximum absolute atomic E-state index is 13.5. The van der Waals surface area contributed by atoms with Gasteiger partial charge in [0.15, 0.2) is 0 Å². The van der Waals surface area contributed by atoms with E-state index in [0.717, 1.165) is 0 Å². The largest absolute Gasteiger partial charge is 0.416 e. The molecule has 0 heterocycles. The van der Waals surface area contributed by atoms with Crippen molar-refractivity contribution in [2.45, 2.75) is 11.1 Å². The third-order valence-corrected chi connectivity index (χ3v) is 4.10. The van der Waals surface area contributed by atoms with Gasteiger partial charge >= 0.3 is 6.18 Å². The molecular weight excluding hydrogens is 328 g/mol. The molecule has 0 saturated heterocycles. The summed E-state index contributed by atoms with van der Waals surface area (Å²) in [6.45, 7) is 1.04. The second kappa shape index (κ2) is 7.86. The van der Waals surface area contributed by atoms with Crippen LogP contribution in [-0.2, 0) is 20.9 Å². The lowest BCUT2D eigenvalue weighted by Gasteiger charge is -2.11. The Morgan fingerprint density at radius 3 is 2.45 bits per heavy atom. The van der Waals surface area contributed by atoms with Gasteiger partial charge < -0.3 is 10.1 Å². The van der Waals surface area contributed by atoms with Gasteiger partial charge in [0.2, 0.25) is 10.0 Å². The Hall–Kier alpha value is -1.23. The fourth-order valence-electron chi connectivity index (χ4n) is 1.54. The third-order valence-electron chi connectivity index (χ3n) is 2.62. The Labute approximate surface area is 125 Å². The van der Waals surface area contributed by atoms with E-state index in [-0.39, 0.29) is 19.2 Å². The average molecular weight is 344 g/mol. The topological polar surface area (TPSA) is 67.4 Å². The van der Waals surface area contributed by atoms with E-state index in [2.05, 4.69) is 5.32 Å². The zero-order valence-electron chi connectivity index (χ0n) is 11.7. The Bertz CT molecular complexity index is 591. The molecule has 0 saturated carbocycles. The van der Waals surface area contributed by atoms with Crippen LogP contribution in [0.3, 0.4) is 0 Å². The summed E-state index contributed by atoms with van der Waals surface area (Å²) >= 11 is 0. The molecule has 126 valence electrons. The lowest BCUT2D eigenvalue weighted by molar-refractivity contribution is -0.137. The summed E-state index contributed by atoms with van der Waals surface area (Å²) in [5.74, 6) is -1.24. The molecule has 0 spiro atoms. The van der Waals surface area contributed by atoms with Crippen molar-refractivity contribution in [2.75, 3.05) is 33.4 Å². The molecule has 0 fully saturated rings. The van der Waals surface area contributed by atoms with Crippen LogP contribution in [0, 0.1) is 5.82 Å². The van der Waals surface area contributed by atoms with E-state index in [0.29, 0.717) is 25.3 Å². The number of benzene rings is 1. The molecule has 10 heteroatoms. The number of hydrogen-bond acceptors (Lipinski definition) is 4. The van der Waals surface area contributed by atoms with Crippen LogP contribution in [0.1, 0.15) is 5.56 Å². The SMILES string of the molecule is COCCNCCNS(=O)(=O)c1cc(C(F)(F)F)ccc1F. The number of alkyl halides is 3. The van der Waals surface area contributed by atoms with Crippen LogP contribution in [0.15, 0.2) is 23.1 Å². The van der Waals surface area contributed by atoms with Gasteiger partial charge in [0.1, 0.15) is 10.7 Å². The fourth-order valence-corrected chi connectivity index (χ4v) is 2.67. The number of methoxy groups -OCH3 is 1. The molecule has 0 bridgehead atoms. The van der Waals surface area contributed by atoms with Crippen LogP contribution in [0.4, 0.5) is 17.6 Å². The highest BCUT2D eigenvalue weighted by molar-refractivity contribution is 7.89. The molecule has 1 aromatic rings. The first kappa shape index (κ1) is 18.8. The van der Waals surface area contributed by atoms with Crippen LogP contribution in [-0.4, -0.2) is 41.8 Å². The fraction of sp³-hybridized carbons (Fsp3) is 0.500. The Kier molecular flexibility index (Phi) is 6.72. The van der Waals surface area contributed by atoms with E-state index in [1.807, 2.05) is 4.72 Å². The monoisotopic (exact) mass is 344 g/mol. The van der Waals surface area contributed by atoms with Crippen molar-refractivity contribution < 1.29 is 30.7 Å². The van der Waals surface area contributed by atoms with Crippen molar-refractivity contribution in [3.05, 3.63) is 29.6 Å². The van der Waals surface area contributed by atoms with Crippen LogP contribution in [0.2, 0.25) is 0 Å². The summed E-state index contributed by atoms with van der Waals surface area (Å²) in [5.41, 5.74) is -1.23. The first-order valence-corrected chi connectivity index (χ1v) is 7.73. The number of sulfonamides is 1. The third kappa shape index (κ3) is 5.52. The summed E-state index contributed by atoms with van der Waals surface area (Å²) in [6, 6.07) is 1.24. The maximum atomic E-state index is 13.5. The summed E-state index contributed by atoms with van der Waals surface area (Å²) in [4.78, 5) is -1.03. The first-order valence-electron chi connectivity index (χ1n) is 6.24. The summed E-state index contributed by atoms with van der Waals surface area (Å²) < 4.78 is 81.7. The van der Waals surface area contributed by atoms with Crippen LogP contribution in [0.5, 0.6) is 0 Å². The highest BCUT2D eigenvalue weighted by Crippen LogP contribution is 2.31. The van der Waals surface area contributed by atoms with Gasteiger partial charge in [-0.15, -0.1) is 0 Å². The average Bonchev–Trinajstić information content (AvgIpc) is 2.41. The van der Waals surface area contributed by atoms with E-state index >= 15 is 0 Å². The number of nitrogens with one attached hydrogen (secondary N) is 2. The number of ether oxygens (including phenoxy) is 1. The molecule has 1 rings (SSSR count). The molecular formula is C12H16F4N2O3S. The van der Waals surface area contributed by atoms with Gasteiger partial charge in [0.25, 0.3) is 0 Å². The van der Waals surface area contributed by atoms with Gasteiger partial charge in [-0.2, -0.15) is 13.2 Å². The number of hydrogen-bond donors (Lipinski definition) is 2. The zero-order valence-corrected chi connectivity index (χ0v) is 12.5. The molecule has 0 unspecified atom stereocenters. The highest BCUT2D eigenvalue weighted by atomic mass is 32.2. The Morgan fingerprint density at radius 1 is 1.18 bits per heavy atom. The lowest BCUT2D eigenvalue weighted by atomic mass is 10.2. The molecule has 1 aromatic carbocycles. The van der Waals surface area contributed by atoms with E-state index in [1.54, 1.807) is 0 Å². The lowest BCUT2D eigenvalue weighted by Crippen LogP contribution is -2.33. The normalized spacial score (nSPS) is 12.6. The smallest absolute Gasteiger partial charge is 0.383 e. The van der Waals surface area contributed by atoms with Crippen molar-refractivity contribution in [1.29, 1.82) is 0 Å². The van der Waals surface area contributed by atoms with Crippen molar-refractivity contribution in [1.82, 2.24) is 10.0 Å². The molecule has 22 heavy (non-hydrogen) atoms. The molecule has 0 amide bonds. The molecule has 0 aliphatic heterocycles. The van der Waals surface area contributed by atoms with Gasteiger partial charge in [-0.1, -0.05) is 0 Å². The maximum Gasteiger partial charge on any atom is 0.416 e. The van der Waals surface area contributed by atoms with Crippen LogP contribution >= 0.6 is 0 Å². The number of rotatable bonds is 8. The molecule has 5 nitrogen and oxygen atoms in total. The standard InChI is InChI=1S/C12H16F4N2O3S/c1-21-7-6-17-4-5-18-22(19,20)11-8-9(12(14,15)16)2-3-10(11)13/h2-3,8,17-18H,4-7H2,1H3. The van der Waals surface area contributed by atoms with Crippen molar-refractivity contribution in [2.24, 2.45) is 0 Å². The first-order chi connectivity index (χ1) is 10.2. The minimum absolute atomic E-state index is 0.0955. The molecule has 0 aromatic heterocycles. The number of halogens is 4. The predicted molar refractivity (Wildman–Crippen MR) is 71.3 cm³/mol. The predicted octanol–water partition coefficient (Wildman–Crippen LogP) is 1.36. The zero-order chi connectivity index (χ0) is 16.8. The summed E-state index contributed by atoms with van der Waals surface area (Å²) in [5, 5.41) is 2.83. The van der Waals surface area contributed by atoms with Crippen molar-refractivity contribution in [3.8, 4) is 0 Å². The molecule has 0 atom stereocenters. The highest BCUT2D eigenvalue weighted by Gasteiger charge is 2.33. The minimum Gasteiger partial charge on any atom is -0.383 e. The second-order valence-corrected chi connectivity index (χ2v) is 6.02. The van der Waals surface area contributed by atoms with E-state index in [9.17, 15) is 26.0 Å².